The molecule has 0 bridgehead atoms. The zero-order valence-corrected chi connectivity index (χ0v) is 10.3. The van der Waals surface area contributed by atoms with Crippen LogP contribution < -0.4 is 0 Å². The maximum atomic E-state index is 12.0. The van der Waals surface area contributed by atoms with E-state index >= 15 is 0 Å². The summed E-state index contributed by atoms with van der Waals surface area (Å²) in [5.41, 5.74) is 0. The monoisotopic (exact) mass is 243 g/mol. The fourth-order valence-electron chi connectivity index (χ4n) is 1.83. The quantitative estimate of drug-likeness (QED) is 0.419. The number of hydrogen-bond acceptors (Lipinski definition) is 4. The maximum Gasteiger partial charge on any atom is 0.225 e. The van der Waals surface area contributed by atoms with Gasteiger partial charge in [-0.15, -0.1) is 5.01 Å². The molecular formula is C10H19N4O3-. The van der Waals surface area contributed by atoms with Gasteiger partial charge in [0.25, 0.3) is 0 Å². The van der Waals surface area contributed by atoms with Crippen molar-refractivity contribution in [3.8, 4) is 0 Å². The number of carbonyl (C=O) groups is 1. The first kappa shape index (κ1) is 13.5. The molecule has 0 aliphatic carbocycles. The second-order valence-electron chi connectivity index (χ2n) is 4.28. The molecule has 1 rings (SSSR count). The minimum atomic E-state index is 0.00843. The summed E-state index contributed by atoms with van der Waals surface area (Å²) in [5.74, 6) is 0.125. The average molecular weight is 243 g/mol. The third kappa shape index (κ3) is 3.47. The molecule has 1 heterocycles. The van der Waals surface area contributed by atoms with Crippen molar-refractivity contribution in [2.24, 2.45) is 11.2 Å². The van der Waals surface area contributed by atoms with E-state index in [1.165, 1.54) is 5.01 Å². The van der Waals surface area contributed by atoms with Gasteiger partial charge in [0.1, 0.15) is 0 Å². The Morgan fingerprint density at radius 3 is 2.71 bits per heavy atom. The van der Waals surface area contributed by atoms with Crippen LogP contribution >= 0.6 is 0 Å². The number of rotatable bonds is 3. The van der Waals surface area contributed by atoms with Crippen molar-refractivity contribution in [3.05, 3.63) is 10.4 Å². The Morgan fingerprint density at radius 2 is 2.12 bits per heavy atom. The van der Waals surface area contributed by atoms with Crippen molar-refractivity contribution in [2.75, 3.05) is 26.2 Å². The van der Waals surface area contributed by atoms with E-state index in [0.717, 1.165) is 6.42 Å². The van der Waals surface area contributed by atoms with Gasteiger partial charge in [0.05, 0.1) is 13.1 Å². The van der Waals surface area contributed by atoms with Crippen LogP contribution in [0.1, 0.15) is 26.7 Å². The highest BCUT2D eigenvalue weighted by Gasteiger charge is 2.24. The molecule has 0 aromatic heterocycles. The molecule has 0 aromatic rings. The molecule has 7 heteroatoms. The fraction of sp³-hybridized carbons (Fsp3) is 0.900. The van der Waals surface area contributed by atoms with Gasteiger partial charge in [0.2, 0.25) is 5.91 Å². The van der Waals surface area contributed by atoms with Crippen LogP contribution in [0, 0.1) is 16.3 Å². The molecule has 0 N–H and O–H groups in total. The van der Waals surface area contributed by atoms with Crippen molar-refractivity contribution in [1.29, 1.82) is 0 Å². The van der Waals surface area contributed by atoms with Gasteiger partial charge in [-0.25, -0.2) is 0 Å². The Labute approximate surface area is 101 Å². The van der Waals surface area contributed by atoms with Crippen molar-refractivity contribution in [3.63, 3.8) is 0 Å². The summed E-state index contributed by atoms with van der Waals surface area (Å²) in [7, 11) is 0. The van der Waals surface area contributed by atoms with Crippen molar-refractivity contribution in [1.82, 2.24) is 9.91 Å². The van der Waals surface area contributed by atoms with E-state index in [-0.39, 0.29) is 16.8 Å². The van der Waals surface area contributed by atoms with Gasteiger partial charge in [-0.1, -0.05) is 13.8 Å². The Balaban J connectivity index is 2.56. The van der Waals surface area contributed by atoms with Gasteiger partial charge in [-0.05, 0) is 18.1 Å². The molecular weight excluding hydrogens is 224 g/mol. The molecule has 1 unspecified atom stereocenters. The second-order valence-corrected chi connectivity index (χ2v) is 4.28. The van der Waals surface area contributed by atoms with Gasteiger partial charge in [-0.2, -0.15) is 0 Å². The van der Waals surface area contributed by atoms with Crippen LogP contribution in [0.15, 0.2) is 5.28 Å². The van der Waals surface area contributed by atoms with Gasteiger partial charge >= 0.3 is 0 Å². The van der Waals surface area contributed by atoms with Crippen LogP contribution in [0.25, 0.3) is 0 Å². The largest absolute Gasteiger partial charge is 0.737 e. The molecule has 1 aliphatic heterocycles. The molecule has 17 heavy (non-hydrogen) atoms. The first-order valence-corrected chi connectivity index (χ1v) is 5.94. The molecule has 98 valence electrons. The Morgan fingerprint density at radius 1 is 1.41 bits per heavy atom. The van der Waals surface area contributed by atoms with Crippen LogP contribution in [-0.4, -0.2) is 47.0 Å². The molecule has 1 atom stereocenters. The normalized spacial score (nSPS) is 20.0. The third-order valence-electron chi connectivity index (χ3n) is 3.13. The van der Waals surface area contributed by atoms with E-state index in [4.69, 9.17) is 0 Å². The summed E-state index contributed by atoms with van der Waals surface area (Å²) in [6, 6.07) is 0. The molecule has 0 saturated carbocycles. The van der Waals surface area contributed by atoms with Gasteiger partial charge in [0, 0.05) is 24.0 Å². The van der Waals surface area contributed by atoms with Crippen LogP contribution in [0.3, 0.4) is 0 Å². The first-order valence-electron chi connectivity index (χ1n) is 5.94. The predicted octanol–water partition coefficient (Wildman–Crippen LogP) is 0.942. The number of amides is 1. The van der Waals surface area contributed by atoms with Crippen LogP contribution in [0.5, 0.6) is 0 Å². The molecule has 1 amide bonds. The highest BCUT2D eigenvalue weighted by molar-refractivity contribution is 5.78. The Kier molecular flexibility index (Phi) is 4.99. The summed E-state index contributed by atoms with van der Waals surface area (Å²) < 4.78 is 0. The van der Waals surface area contributed by atoms with Crippen molar-refractivity contribution < 1.29 is 9.76 Å². The minimum Gasteiger partial charge on any atom is -0.737 e. The average Bonchev–Trinajstić information content (AvgIpc) is 2.61. The molecule has 0 aromatic carbocycles. The standard InChI is InChI=1S/C10H20N4O3/c1-3-9(2)10(15)12-5-4-6-13(8-7-12)14(17)11-16/h9,16H,3-8H2,1-2H3/p-1/b14-11-. The zero-order valence-electron chi connectivity index (χ0n) is 10.3. The lowest BCUT2D eigenvalue weighted by atomic mass is 10.1. The van der Waals surface area contributed by atoms with E-state index in [1.54, 1.807) is 4.90 Å². The lowest BCUT2D eigenvalue weighted by Gasteiger charge is -2.23. The topological polar surface area (TPSA) is 85.0 Å². The number of hydrazine groups is 1. The number of hydrogen-bond donors (Lipinski definition) is 0. The Bertz CT molecular complexity index is 295. The van der Waals surface area contributed by atoms with E-state index in [2.05, 4.69) is 5.28 Å². The predicted molar refractivity (Wildman–Crippen MR) is 61.6 cm³/mol. The van der Waals surface area contributed by atoms with E-state index in [9.17, 15) is 15.2 Å². The summed E-state index contributed by atoms with van der Waals surface area (Å²) in [5, 5.41) is 24.8. The van der Waals surface area contributed by atoms with Crippen molar-refractivity contribution in [2.45, 2.75) is 26.7 Å². The summed E-state index contributed by atoms with van der Waals surface area (Å²) in [6.07, 6.45) is 1.49. The first-order chi connectivity index (χ1) is 8.10. The molecule has 7 nitrogen and oxygen atoms in total. The van der Waals surface area contributed by atoms with Crippen LogP contribution in [0.2, 0.25) is 0 Å². The third-order valence-corrected chi connectivity index (χ3v) is 3.13. The highest BCUT2D eigenvalue weighted by Crippen LogP contribution is 2.10. The summed E-state index contributed by atoms with van der Waals surface area (Å²) >= 11 is 0. The number of nitrogens with zero attached hydrogens (tertiary/aromatic N) is 4. The lowest BCUT2D eigenvalue weighted by molar-refractivity contribution is -0.689. The van der Waals surface area contributed by atoms with Crippen molar-refractivity contribution >= 4 is 5.91 Å². The number of carbonyl (C=O) groups excluding carboxylic acids is 1. The highest BCUT2D eigenvalue weighted by atomic mass is 16.6. The van der Waals surface area contributed by atoms with Gasteiger partial charge < -0.3 is 15.3 Å². The zero-order chi connectivity index (χ0) is 12.8. The second kappa shape index (κ2) is 6.27. The van der Waals surface area contributed by atoms with Gasteiger partial charge in [0.15, 0.2) is 0 Å². The van der Waals surface area contributed by atoms with Crippen LogP contribution in [0.4, 0.5) is 0 Å². The Hall–Kier alpha value is -1.53. The fourth-order valence-corrected chi connectivity index (χ4v) is 1.83. The lowest BCUT2D eigenvalue weighted by Crippen LogP contribution is -2.39. The smallest absolute Gasteiger partial charge is 0.225 e. The molecule has 1 aliphatic rings. The summed E-state index contributed by atoms with van der Waals surface area (Å²) in [6.45, 7) is 5.79. The molecule has 1 fully saturated rings. The van der Waals surface area contributed by atoms with Crippen LogP contribution in [-0.2, 0) is 4.79 Å². The van der Waals surface area contributed by atoms with Gasteiger partial charge in [-0.3, -0.25) is 4.79 Å². The van der Waals surface area contributed by atoms with E-state index < -0.39 is 0 Å². The van der Waals surface area contributed by atoms with E-state index in [0.29, 0.717) is 32.6 Å². The van der Waals surface area contributed by atoms with E-state index in [1.807, 2.05) is 13.8 Å². The SMILES string of the molecule is CCC(C)C(=O)N1CCCN(/[N+]([O-])=N/[O-])CC1. The molecule has 1 saturated heterocycles. The maximum absolute atomic E-state index is 12.0. The molecule has 0 radical (unpaired) electrons. The molecule has 0 spiro atoms. The summed E-state index contributed by atoms with van der Waals surface area (Å²) in [4.78, 5) is 13.8. The minimum absolute atomic E-state index is 0.00843.